The number of hydrogen-bond acceptors (Lipinski definition) is 5. The summed E-state index contributed by atoms with van der Waals surface area (Å²) in [4.78, 5) is 36.9. The second-order valence-corrected chi connectivity index (χ2v) is 8.12. The molecule has 0 saturated carbocycles. The fourth-order valence-corrected chi connectivity index (χ4v) is 3.69. The van der Waals surface area contributed by atoms with E-state index in [1.807, 2.05) is 37.3 Å². The molecular weight excluding hydrogens is 489 g/mol. The quantitative estimate of drug-likeness (QED) is 0.328. The SMILES string of the molecule is CC(NC(=O)c1ccccc1NC(=O)COc1ccc2c(C(F)(F)F)cc(=O)oc2c1)c1ccccc1. The second kappa shape index (κ2) is 10.6. The molecule has 4 aromatic rings. The lowest BCUT2D eigenvalue weighted by Crippen LogP contribution is -2.28. The molecule has 4 rings (SSSR count). The van der Waals surface area contributed by atoms with E-state index in [0.717, 1.165) is 17.7 Å². The number of alkyl halides is 3. The van der Waals surface area contributed by atoms with E-state index in [2.05, 4.69) is 10.6 Å². The first-order valence-electron chi connectivity index (χ1n) is 11.1. The Morgan fingerprint density at radius 1 is 0.973 bits per heavy atom. The number of nitrogens with one attached hydrogen (secondary N) is 2. The van der Waals surface area contributed by atoms with E-state index >= 15 is 0 Å². The third-order valence-corrected chi connectivity index (χ3v) is 5.48. The monoisotopic (exact) mass is 510 g/mol. The van der Waals surface area contributed by atoms with Crippen LogP contribution < -0.4 is 21.0 Å². The van der Waals surface area contributed by atoms with Crippen LogP contribution in [-0.4, -0.2) is 18.4 Å². The molecule has 2 N–H and O–H groups in total. The zero-order chi connectivity index (χ0) is 26.6. The minimum Gasteiger partial charge on any atom is -0.484 e. The van der Waals surface area contributed by atoms with Crippen molar-refractivity contribution in [3.8, 4) is 5.75 Å². The Hall–Kier alpha value is -4.60. The summed E-state index contributed by atoms with van der Waals surface area (Å²) in [5.41, 5.74) is -1.20. The third-order valence-electron chi connectivity index (χ3n) is 5.48. The summed E-state index contributed by atoms with van der Waals surface area (Å²) in [6.45, 7) is 1.33. The second-order valence-electron chi connectivity index (χ2n) is 8.12. The zero-order valence-corrected chi connectivity index (χ0v) is 19.5. The van der Waals surface area contributed by atoms with Gasteiger partial charge < -0.3 is 19.8 Å². The molecule has 0 aliphatic heterocycles. The molecule has 0 spiro atoms. The fourth-order valence-electron chi connectivity index (χ4n) is 3.69. The van der Waals surface area contributed by atoms with Crippen LogP contribution in [0, 0.1) is 0 Å². The lowest BCUT2D eigenvalue weighted by Gasteiger charge is -2.16. The van der Waals surface area contributed by atoms with Crippen molar-refractivity contribution in [2.45, 2.75) is 19.1 Å². The molecule has 0 saturated heterocycles. The topological polar surface area (TPSA) is 97.6 Å². The number of rotatable bonds is 7. The summed E-state index contributed by atoms with van der Waals surface area (Å²) in [6.07, 6.45) is -4.74. The summed E-state index contributed by atoms with van der Waals surface area (Å²) in [5, 5.41) is 5.17. The van der Waals surface area contributed by atoms with Gasteiger partial charge in [0, 0.05) is 17.5 Å². The van der Waals surface area contributed by atoms with Crippen molar-refractivity contribution in [2.75, 3.05) is 11.9 Å². The maximum atomic E-state index is 13.2. The van der Waals surface area contributed by atoms with Crippen molar-refractivity contribution in [1.82, 2.24) is 5.32 Å². The molecule has 0 fully saturated rings. The van der Waals surface area contributed by atoms with Crippen LogP contribution in [-0.2, 0) is 11.0 Å². The molecule has 0 radical (unpaired) electrons. The van der Waals surface area contributed by atoms with Gasteiger partial charge in [0.1, 0.15) is 11.3 Å². The highest BCUT2D eigenvalue weighted by atomic mass is 19.4. The first-order chi connectivity index (χ1) is 17.6. The van der Waals surface area contributed by atoms with Crippen LogP contribution in [0.2, 0.25) is 0 Å². The molecule has 3 aromatic carbocycles. The first kappa shape index (κ1) is 25.5. The maximum absolute atomic E-state index is 13.2. The number of fused-ring (bicyclic) bond motifs is 1. The first-order valence-corrected chi connectivity index (χ1v) is 11.1. The zero-order valence-electron chi connectivity index (χ0n) is 19.5. The molecule has 7 nitrogen and oxygen atoms in total. The van der Waals surface area contributed by atoms with Crippen molar-refractivity contribution < 1.29 is 31.9 Å². The molecule has 190 valence electrons. The van der Waals surface area contributed by atoms with Crippen molar-refractivity contribution in [2.24, 2.45) is 0 Å². The minimum absolute atomic E-state index is 0.0211. The number of amides is 2. The average molecular weight is 510 g/mol. The molecule has 0 bridgehead atoms. The molecule has 1 heterocycles. The Balaban J connectivity index is 1.43. The number of anilines is 1. The van der Waals surface area contributed by atoms with Gasteiger partial charge in [-0.3, -0.25) is 9.59 Å². The van der Waals surface area contributed by atoms with E-state index < -0.39 is 35.8 Å². The lowest BCUT2D eigenvalue weighted by atomic mass is 10.1. The number of para-hydroxylation sites is 1. The predicted octanol–water partition coefficient (Wildman–Crippen LogP) is 5.32. The van der Waals surface area contributed by atoms with Gasteiger partial charge in [0.25, 0.3) is 11.8 Å². The average Bonchev–Trinajstić information content (AvgIpc) is 2.87. The fraction of sp³-hybridized carbons (Fsp3) is 0.148. The lowest BCUT2D eigenvalue weighted by molar-refractivity contribution is -0.136. The normalized spacial score (nSPS) is 12.1. The van der Waals surface area contributed by atoms with Crippen molar-refractivity contribution in [1.29, 1.82) is 0 Å². The van der Waals surface area contributed by atoms with E-state index in [4.69, 9.17) is 9.15 Å². The summed E-state index contributed by atoms with van der Waals surface area (Å²) in [7, 11) is 0. The minimum atomic E-state index is -4.74. The van der Waals surface area contributed by atoms with Gasteiger partial charge in [-0.25, -0.2) is 4.79 Å². The molecular formula is C27H21F3N2O5. The Bertz CT molecular complexity index is 1500. The number of hydrogen-bond donors (Lipinski definition) is 2. The highest BCUT2D eigenvalue weighted by Crippen LogP contribution is 2.34. The van der Waals surface area contributed by atoms with E-state index in [0.29, 0.717) is 6.07 Å². The summed E-state index contributed by atoms with van der Waals surface area (Å²) in [5.74, 6) is -0.979. The van der Waals surface area contributed by atoms with Crippen molar-refractivity contribution in [3.63, 3.8) is 0 Å². The highest BCUT2D eigenvalue weighted by molar-refractivity contribution is 6.04. The van der Waals surface area contributed by atoms with Crippen LogP contribution in [0.4, 0.5) is 18.9 Å². The molecule has 0 aliphatic rings. The van der Waals surface area contributed by atoms with E-state index in [9.17, 15) is 27.6 Å². The number of benzene rings is 3. The third kappa shape index (κ3) is 6.16. The Morgan fingerprint density at radius 3 is 2.41 bits per heavy atom. The Labute approximate surface area is 208 Å². The van der Waals surface area contributed by atoms with Gasteiger partial charge in [-0.2, -0.15) is 13.2 Å². The van der Waals surface area contributed by atoms with Crippen LogP contribution in [0.15, 0.2) is 88.1 Å². The van der Waals surface area contributed by atoms with Crippen LogP contribution in [0.5, 0.6) is 5.75 Å². The molecule has 37 heavy (non-hydrogen) atoms. The van der Waals surface area contributed by atoms with Crippen LogP contribution in [0.25, 0.3) is 11.0 Å². The van der Waals surface area contributed by atoms with Crippen molar-refractivity contribution in [3.05, 3.63) is 106 Å². The van der Waals surface area contributed by atoms with Gasteiger partial charge in [-0.05, 0) is 36.8 Å². The molecule has 10 heteroatoms. The summed E-state index contributed by atoms with van der Waals surface area (Å²) >= 11 is 0. The largest absolute Gasteiger partial charge is 0.484 e. The van der Waals surface area contributed by atoms with Gasteiger partial charge in [-0.15, -0.1) is 0 Å². The number of ether oxygens (including phenoxy) is 1. The van der Waals surface area contributed by atoms with E-state index in [-0.39, 0.29) is 34.0 Å². The highest BCUT2D eigenvalue weighted by Gasteiger charge is 2.33. The van der Waals surface area contributed by atoms with Gasteiger partial charge in [0.05, 0.1) is 22.9 Å². The van der Waals surface area contributed by atoms with Gasteiger partial charge in [-0.1, -0.05) is 42.5 Å². The molecule has 1 aromatic heterocycles. The summed E-state index contributed by atoms with van der Waals surface area (Å²) in [6, 6.07) is 19.4. The van der Waals surface area contributed by atoms with Crippen molar-refractivity contribution >= 4 is 28.5 Å². The molecule has 1 atom stereocenters. The van der Waals surface area contributed by atoms with E-state index in [1.165, 1.54) is 6.07 Å². The molecule has 2 amide bonds. The Kier molecular flexibility index (Phi) is 7.28. The number of carbonyl (C=O) groups excluding carboxylic acids is 2. The van der Waals surface area contributed by atoms with Gasteiger partial charge in [0.2, 0.25) is 0 Å². The van der Waals surface area contributed by atoms with E-state index in [1.54, 1.807) is 24.3 Å². The summed E-state index contributed by atoms with van der Waals surface area (Å²) < 4.78 is 49.9. The van der Waals surface area contributed by atoms with Crippen LogP contribution in [0.3, 0.4) is 0 Å². The van der Waals surface area contributed by atoms with Crippen LogP contribution in [0.1, 0.15) is 34.5 Å². The standard InChI is InChI=1S/C27H21F3N2O5/c1-16(17-7-3-2-4-8-17)31-26(35)20-9-5-6-10-22(20)32-24(33)15-36-18-11-12-19-21(27(28,29)30)14-25(34)37-23(19)13-18/h2-14,16H,15H2,1H3,(H,31,35)(H,32,33). The smallest absolute Gasteiger partial charge is 0.417 e. The maximum Gasteiger partial charge on any atom is 0.417 e. The number of halogens is 3. The van der Waals surface area contributed by atoms with Crippen LogP contribution >= 0.6 is 0 Å². The van der Waals surface area contributed by atoms with Gasteiger partial charge in [0.15, 0.2) is 6.61 Å². The Morgan fingerprint density at radius 2 is 1.68 bits per heavy atom. The molecule has 0 aliphatic carbocycles. The molecule has 1 unspecified atom stereocenters. The predicted molar refractivity (Wildman–Crippen MR) is 130 cm³/mol. The number of carbonyl (C=O) groups is 2. The van der Waals surface area contributed by atoms with Gasteiger partial charge >= 0.3 is 11.8 Å².